The fourth-order valence-corrected chi connectivity index (χ4v) is 8.74. The summed E-state index contributed by atoms with van der Waals surface area (Å²) in [5, 5.41) is 46.0. The number of halogens is 2. The number of nitro groups is 1. The molecule has 2 aliphatic heterocycles. The maximum atomic E-state index is 12.4. The topological polar surface area (TPSA) is 148 Å². The molecule has 0 aliphatic carbocycles. The third kappa shape index (κ3) is 7.51. The van der Waals surface area contributed by atoms with Crippen molar-refractivity contribution in [3.8, 4) is 17.9 Å². The van der Waals surface area contributed by atoms with E-state index in [2.05, 4.69) is 24.0 Å². The Morgan fingerprint density at radius 1 is 0.982 bits per heavy atom. The van der Waals surface area contributed by atoms with Gasteiger partial charge in [0.1, 0.15) is 18.1 Å². The van der Waals surface area contributed by atoms with E-state index >= 15 is 0 Å². The second-order valence-corrected chi connectivity index (χ2v) is 15.7. The fraction of sp³-hybridized carbons (Fsp3) is 0.289. The Bertz CT molecular complexity index is 2540. The van der Waals surface area contributed by atoms with Gasteiger partial charge >= 0.3 is 11.9 Å². The van der Waals surface area contributed by atoms with Crippen molar-refractivity contribution in [2.75, 3.05) is 18.0 Å². The molecular weight excluding hydrogens is 763 g/mol. The molecule has 2 atom stereocenters. The van der Waals surface area contributed by atoms with Gasteiger partial charge < -0.3 is 15.1 Å². The molecule has 2 N–H and O–H groups in total. The van der Waals surface area contributed by atoms with Crippen LogP contribution >= 0.6 is 23.2 Å². The van der Waals surface area contributed by atoms with Crippen molar-refractivity contribution < 1.29 is 29.3 Å². The van der Waals surface area contributed by atoms with Crippen molar-refractivity contribution in [2.45, 2.75) is 70.6 Å². The summed E-state index contributed by atoms with van der Waals surface area (Å²) in [5.41, 5.74) is 3.87. The number of rotatable bonds is 13. The lowest BCUT2D eigenvalue weighted by Crippen LogP contribution is -2.41. The van der Waals surface area contributed by atoms with Crippen LogP contribution in [-0.2, 0) is 26.8 Å². The summed E-state index contributed by atoms with van der Waals surface area (Å²) in [5.74, 6) is 4.15. The predicted molar refractivity (Wildman–Crippen MR) is 223 cm³/mol. The highest BCUT2D eigenvalue weighted by atomic mass is 35.5. The van der Waals surface area contributed by atoms with Crippen LogP contribution in [0.15, 0.2) is 95.7 Å². The van der Waals surface area contributed by atoms with E-state index in [9.17, 15) is 35.2 Å². The lowest BCUT2D eigenvalue weighted by molar-refractivity contribution is -0.437. The number of aliphatic carboxylic acids is 2. The van der Waals surface area contributed by atoms with Gasteiger partial charge in [-0.2, -0.15) is 9.84 Å². The maximum Gasteiger partial charge on any atom is 0.309 e. The van der Waals surface area contributed by atoms with Crippen molar-refractivity contribution >= 4 is 68.7 Å². The van der Waals surface area contributed by atoms with Crippen molar-refractivity contribution in [3.05, 3.63) is 133 Å². The molecule has 57 heavy (non-hydrogen) atoms. The van der Waals surface area contributed by atoms with E-state index in [1.165, 1.54) is 12.1 Å². The zero-order valence-corrected chi connectivity index (χ0v) is 33.5. The Morgan fingerprint density at radius 3 is 2.30 bits per heavy atom. The number of anilines is 1. The third-order valence-corrected chi connectivity index (χ3v) is 11.7. The number of fused-ring (bicyclic) bond motifs is 4. The summed E-state index contributed by atoms with van der Waals surface area (Å²) >= 11 is 13.3. The van der Waals surface area contributed by atoms with Gasteiger partial charge in [0.05, 0.1) is 38.2 Å². The van der Waals surface area contributed by atoms with Gasteiger partial charge in [-0.3, -0.25) is 19.7 Å². The summed E-state index contributed by atoms with van der Waals surface area (Å²) in [6, 6.07) is 24.3. The third-order valence-electron chi connectivity index (χ3n) is 10.9. The largest absolute Gasteiger partial charge is 0.481 e. The second-order valence-electron chi connectivity index (χ2n) is 14.8. The Labute approximate surface area is 341 Å². The van der Waals surface area contributed by atoms with Crippen molar-refractivity contribution in [1.29, 1.82) is 5.26 Å². The van der Waals surface area contributed by atoms with Crippen LogP contribution in [0.2, 0.25) is 10.0 Å². The first kappa shape index (κ1) is 40.7. The molecule has 0 spiro atoms. The molecule has 0 bridgehead atoms. The smallest absolute Gasteiger partial charge is 0.309 e. The van der Waals surface area contributed by atoms with Crippen LogP contribution in [0.1, 0.15) is 70.1 Å². The molecule has 4 aromatic carbocycles. The van der Waals surface area contributed by atoms with E-state index in [1.807, 2.05) is 66.6 Å². The van der Waals surface area contributed by atoms with E-state index in [0.29, 0.717) is 23.5 Å². The zero-order chi connectivity index (χ0) is 41.2. The lowest BCUT2D eigenvalue weighted by Gasteiger charge is -2.35. The Morgan fingerprint density at radius 2 is 1.67 bits per heavy atom. The van der Waals surface area contributed by atoms with Crippen LogP contribution in [0.5, 0.6) is 0 Å². The number of carboxylic acids is 2. The van der Waals surface area contributed by atoms with Gasteiger partial charge in [0.25, 0.3) is 5.69 Å². The average molecular weight is 805 g/mol. The summed E-state index contributed by atoms with van der Waals surface area (Å²) in [6.45, 7) is 7.64. The van der Waals surface area contributed by atoms with Crippen molar-refractivity contribution in [3.63, 3.8) is 0 Å². The normalized spacial score (nSPS) is 19.0. The molecule has 0 radical (unpaired) electrons. The van der Waals surface area contributed by atoms with Crippen LogP contribution in [-0.4, -0.2) is 50.5 Å². The zero-order valence-electron chi connectivity index (χ0n) is 32.0. The Hall–Kier alpha value is -5.94. The number of nitriles is 1. The molecular formula is C45H41Cl2N4O6+. The average Bonchev–Trinajstić information content (AvgIpc) is 3.57. The summed E-state index contributed by atoms with van der Waals surface area (Å²) in [7, 11) is 0. The minimum Gasteiger partial charge on any atom is -0.481 e. The number of nitrogens with zero attached hydrogens (tertiary/aromatic N) is 4. The number of non-ortho nitro benzene ring substituents is 1. The molecule has 6 rings (SSSR count). The molecule has 290 valence electrons. The highest BCUT2D eigenvalue weighted by Crippen LogP contribution is 2.57. The molecule has 2 unspecified atom stereocenters. The van der Waals surface area contributed by atoms with Crippen LogP contribution in [0.25, 0.3) is 10.8 Å². The first-order valence-electron chi connectivity index (χ1n) is 18.5. The van der Waals surface area contributed by atoms with E-state index in [4.69, 9.17) is 23.2 Å². The fourth-order valence-electron chi connectivity index (χ4n) is 8.42. The summed E-state index contributed by atoms with van der Waals surface area (Å²) in [6.07, 6.45) is 2.45. The van der Waals surface area contributed by atoms with Gasteiger partial charge in [-0.05, 0) is 63.1 Å². The van der Waals surface area contributed by atoms with Gasteiger partial charge in [0, 0.05) is 47.5 Å². The van der Waals surface area contributed by atoms with Crippen molar-refractivity contribution in [1.82, 2.24) is 0 Å². The molecule has 0 aromatic heterocycles. The quantitative estimate of drug-likeness (QED) is 0.0339. The van der Waals surface area contributed by atoms with Gasteiger partial charge in [-0.25, -0.2) is 0 Å². The molecule has 10 nitrogen and oxygen atoms in total. The first-order valence-corrected chi connectivity index (χ1v) is 19.2. The number of hydrogen-bond acceptors (Lipinski definition) is 6. The highest BCUT2D eigenvalue weighted by molar-refractivity contribution is 6.42. The van der Waals surface area contributed by atoms with Crippen LogP contribution < -0.4 is 4.90 Å². The standard InChI is InChI=1S/C45H40Cl2N4O6/c1-5-6-20-44(4)35-24-36(46)37(47)25-38(35)49(22-18-39(52)53)42(44)33(27-48)43-45(21-17-28(2)3,26-29-11-14-31(15-12-29)51(56)57)34-16-13-30-9-7-8-10-32(30)41(34)50(43)23-19-40(54)55/h7-17,24-25H,18-23,26H2,1-4H3,(H-,52,53,54,55)/p+1. The second kappa shape index (κ2) is 16.3. The lowest BCUT2D eigenvalue weighted by atomic mass is 9.68. The number of hydrogen-bond donors (Lipinski definition) is 2. The monoisotopic (exact) mass is 803 g/mol. The Kier molecular flexibility index (Phi) is 11.6. The van der Waals surface area contributed by atoms with E-state index in [0.717, 1.165) is 38.7 Å². The van der Waals surface area contributed by atoms with Gasteiger partial charge in [-0.15, -0.1) is 11.8 Å². The number of carboxylic acid groups (broad SMARTS) is 2. The molecule has 0 amide bonds. The first-order chi connectivity index (χ1) is 27.2. The summed E-state index contributed by atoms with van der Waals surface area (Å²) < 4.78 is 1.84. The number of carbonyl (C=O) groups is 2. The SMILES string of the molecule is CC#CCC1(C)C(/C(C#N)=C2/N(CCC(=O)O)c3c(ccc4ccccc34)C2(CC=C(C)C)Cc2ccc([N+](=O)[O-])cc2)=[N+](CCC(=O)O)c2cc(Cl)c(Cl)cc21. The van der Waals surface area contributed by atoms with E-state index in [1.54, 1.807) is 31.2 Å². The number of nitro benzene ring substituents is 1. The predicted octanol–water partition coefficient (Wildman–Crippen LogP) is 9.91. The molecule has 0 saturated carbocycles. The molecule has 2 aliphatic rings. The maximum absolute atomic E-state index is 12.4. The molecule has 4 aromatic rings. The van der Waals surface area contributed by atoms with Crippen LogP contribution in [0.3, 0.4) is 0 Å². The van der Waals surface area contributed by atoms with Crippen LogP contribution in [0.4, 0.5) is 17.1 Å². The molecule has 0 fully saturated rings. The van der Waals surface area contributed by atoms with Gasteiger partial charge in [0.15, 0.2) is 6.54 Å². The Balaban J connectivity index is 1.83. The number of allylic oxidation sites excluding steroid dienone is 4. The molecule has 2 heterocycles. The van der Waals surface area contributed by atoms with Crippen molar-refractivity contribution in [2.24, 2.45) is 0 Å². The highest BCUT2D eigenvalue weighted by Gasteiger charge is 2.56. The van der Waals surface area contributed by atoms with Crippen LogP contribution in [0, 0.1) is 33.3 Å². The molecule has 12 heteroatoms. The van der Waals surface area contributed by atoms with Gasteiger partial charge in [0.2, 0.25) is 11.4 Å². The number of benzene rings is 4. The molecule has 0 saturated heterocycles. The minimum atomic E-state index is -1.04. The van der Waals surface area contributed by atoms with Gasteiger partial charge in [-0.1, -0.05) is 83.4 Å². The van der Waals surface area contributed by atoms with E-state index in [-0.39, 0.29) is 60.1 Å². The van der Waals surface area contributed by atoms with E-state index < -0.39 is 27.7 Å². The summed E-state index contributed by atoms with van der Waals surface area (Å²) in [4.78, 5) is 37.9. The minimum absolute atomic E-state index is 0.00613.